The second kappa shape index (κ2) is 9.56. The van der Waals surface area contributed by atoms with E-state index in [-0.39, 0.29) is 19.1 Å². The van der Waals surface area contributed by atoms with Crippen LogP contribution in [0.25, 0.3) is 28.2 Å². The second-order valence-corrected chi connectivity index (χ2v) is 7.64. The number of para-hydroxylation sites is 1. The van der Waals surface area contributed by atoms with Gasteiger partial charge in [-0.1, -0.05) is 30.3 Å². The van der Waals surface area contributed by atoms with Crippen LogP contribution in [0.4, 0.5) is 0 Å². The number of nitrogens with zero attached hydrogens (tertiary/aromatic N) is 3. The Morgan fingerprint density at radius 3 is 2.47 bits per heavy atom. The molecule has 5 aromatic rings. The smallest absolute Gasteiger partial charge is 0.251 e. The van der Waals surface area contributed by atoms with Crippen LogP contribution in [0.2, 0.25) is 0 Å². The van der Waals surface area contributed by atoms with E-state index < -0.39 is 0 Å². The van der Waals surface area contributed by atoms with E-state index in [4.69, 9.17) is 9.84 Å². The molecule has 0 spiro atoms. The molecular weight excluding hydrogens is 428 g/mol. The number of aliphatic hydroxyl groups excluding tert-OH is 1. The number of hydrogen-bond acceptors (Lipinski definition) is 5. The van der Waals surface area contributed by atoms with Gasteiger partial charge in [0, 0.05) is 29.4 Å². The predicted octanol–water partition coefficient (Wildman–Crippen LogP) is 4.58. The number of amides is 1. The first kappa shape index (κ1) is 21.4. The topological polar surface area (TPSA) is 88.8 Å². The van der Waals surface area contributed by atoms with E-state index >= 15 is 0 Å². The van der Waals surface area contributed by atoms with Gasteiger partial charge in [-0.15, -0.1) is 0 Å². The molecule has 7 heteroatoms. The Bertz CT molecular complexity index is 1430. The fraction of sp³-hybridized carbons (Fsp3) is 0.0741. The summed E-state index contributed by atoms with van der Waals surface area (Å²) >= 11 is 0. The summed E-state index contributed by atoms with van der Waals surface area (Å²) in [4.78, 5) is 21.3. The number of hydrogen-bond donors (Lipinski definition) is 2. The van der Waals surface area contributed by atoms with Crippen LogP contribution in [0.1, 0.15) is 10.4 Å². The van der Waals surface area contributed by atoms with E-state index in [0.29, 0.717) is 11.3 Å². The molecule has 0 saturated heterocycles. The van der Waals surface area contributed by atoms with E-state index in [1.807, 2.05) is 83.5 Å². The van der Waals surface area contributed by atoms with Crippen LogP contribution in [0.3, 0.4) is 0 Å². The van der Waals surface area contributed by atoms with Crippen molar-refractivity contribution in [3.05, 3.63) is 103 Å². The number of carbonyl (C=O) groups excluding carboxylic acids is 1. The highest BCUT2D eigenvalue weighted by molar-refractivity contribution is 5.95. The minimum Gasteiger partial charge on any atom is -0.457 e. The maximum Gasteiger partial charge on any atom is 0.251 e. The molecule has 0 aliphatic carbocycles. The SMILES string of the molecule is O=C(NCCO)c1cccc(-c2cn3c(-c4ccc(Oc5ccccc5)cc4)cnc3cn2)c1. The highest BCUT2D eigenvalue weighted by Crippen LogP contribution is 2.27. The van der Waals surface area contributed by atoms with Crippen LogP contribution in [0.15, 0.2) is 97.5 Å². The number of rotatable bonds is 7. The molecule has 0 bridgehead atoms. The van der Waals surface area contributed by atoms with Gasteiger partial charge in [0.1, 0.15) is 11.5 Å². The fourth-order valence-electron chi connectivity index (χ4n) is 3.66. The van der Waals surface area contributed by atoms with Crippen LogP contribution in [0.5, 0.6) is 11.5 Å². The molecule has 0 radical (unpaired) electrons. The van der Waals surface area contributed by atoms with Crippen molar-refractivity contribution in [2.24, 2.45) is 0 Å². The van der Waals surface area contributed by atoms with Crippen LogP contribution >= 0.6 is 0 Å². The Kier molecular flexibility index (Phi) is 6.01. The Morgan fingerprint density at radius 1 is 0.882 bits per heavy atom. The molecule has 34 heavy (non-hydrogen) atoms. The van der Waals surface area contributed by atoms with Crippen molar-refractivity contribution in [1.82, 2.24) is 19.7 Å². The molecule has 0 fully saturated rings. The summed E-state index contributed by atoms with van der Waals surface area (Å²) in [7, 11) is 0. The van der Waals surface area contributed by atoms with E-state index in [9.17, 15) is 4.79 Å². The molecule has 0 aliphatic heterocycles. The van der Waals surface area contributed by atoms with Gasteiger partial charge in [0.15, 0.2) is 5.65 Å². The van der Waals surface area contributed by atoms with Crippen LogP contribution in [-0.2, 0) is 0 Å². The third-order valence-electron chi connectivity index (χ3n) is 5.34. The van der Waals surface area contributed by atoms with Gasteiger partial charge >= 0.3 is 0 Å². The third kappa shape index (κ3) is 4.51. The lowest BCUT2D eigenvalue weighted by atomic mass is 10.1. The van der Waals surface area contributed by atoms with Crippen molar-refractivity contribution in [2.45, 2.75) is 0 Å². The number of carbonyl (C=O) groups is 1. The maximum atomic E-state index is 12.3. The summed E-state index contributed by atoms with van der Waals surface area (Å²) < 4.78 is 7.87. The van der Waals surface area contributed by atoms with E-state index in [1.165, 1.54) is 0 Å². The highest BCUT2D eigenvalue weighted by atomic mass is 16.5. The Hall–Kier alpha value is -4.49. The summed E-state index contributed by atoms with van der Waals surface area (Å²) in [6, 6.07) is 24.7. The molecule has 2 heterocycles. The van der Waals surface area contributed by atoms with Crippen molar-refractivity contribution in [2.75, 3.05) is 13.2 Å². The average molecular weight is 450 g/mol. The lowest BCUT2D eigenvalue weighted by molar-refractivity contribution is 0.0945. The fourth-order valence-corrected chi connectivity index (χ4v) is 3.66. The summed E-state index contributed by atoms with van der Waals surface area (Å²) in [6.07, 6.45) is 5.44. The average Bonchev–Trinajstić information content (AvgIpc) is 3.32. The van der Waals surface area contributed by atoms with Gasteiger partial charge in [-0.05, 0) is 48.5 Å². The first-order valence-electron chi connectivity index (χ1n) is 10.9. The van der Waals surface area contributed by atoms with Gasteiger partial charge in [-0.25, -0.2) is 4.98 Å². The quantitative estimate of drug-likeness (QED) is 0.379. The molecule has 0 saturated carbocycles. The molecule has 5 rings (SSSR count). The molecule has 0 unspecified atom stereocenters. The first-order valence-corrected chi connectivity index (χ1v) is 10.9. The zero-order chi connectivity index (χ0) is 23.3. The molecule has 2 aromatic heterocycles. The zero-order valence-electron chi connectivity index (χ0n) is 18.3. The Balaban J connectivity index is 1.43. The zero-order valence-corrected chi connectivity index (χ0v) is 18.3. The third-order valence-corrected chi connectivity index (χ3v) is 5.34. The van der Waals surface area contributed by atoms with Crippen molar-refractivity contribution >= 4 is 11.6 Å². The van der Waals surface area contributed by atoms with Crippen molar-refractivity contribution in [3.63, 3.8) is 0 Å². The number of aromatic nitrogens is 3. The van der Waals surface area contributed by atoms with Crippen LogP contribution < -0.4 is 10.1 Å². The molecule has 168 valence electrons. The number of benzene rings is 3. The predicted molar refractivity (Wildman–Crippen MR) is 130 cm³/mol. The molecule has 7 nitrogen and oxygen atoms in total. The summed E-state index contributed by atoms with van der Waals surface area (Å²) in [5, 5.41) is 11.6. The standard InChI is InChI=1S/C27H22N4O3/c32-14-13-28-27(33)21-6-4-5-20(15-21)24-18-31-25(16-30-26(31)17-29-24)19-9-11-23(12-10-19)34-22-7-2-1-3-8-22/h1-12,15-18,32H,13-14H2,(H,28,33). The number of ether oxygens (including phenoxy) is 1. The minimum absolute atomic E-state index is 0.105. The number of imidazole rings is 1. The van der Waals surface area contributed by atoms with Crippen molar-refractivity contribution in [1.29, 1.82) is 0 Å². The molecular formula is C27H22N4O3. The minimum atomic E-state index is -0.238. The molecule has 2 N–H and O–H groups in total. The molecule has 0 atom stereocenters. The number of fused-ring (bicyclic) bond motifs is 1. The normalized spacial score (nSPS) is 10.9. The van der Waals surface area contributed by atoms with Gasteiger partial charge in [0.2, 0.25) is 0 Å². The van der Waals surface area contributed by atoms with Crippen molar-refractivity contribution < 1.29 is 14.6 Å². The van der Waals surface area contributed by atoms with Crippen molar-refractivity contribution in [3.8, 4) is 34.0 Å². The summed E-state index contributed by atoms with van der Waals surface area (Å²) in [5.41, 5.74) is 4.66. The highest BCUT2D eigenvalue weighted by Gasteiger charge is 2.11. The van der Waals surface area contributed by atoms with Gasteiger partial charge in [-0.2, -0.15) is 0 Å². The Labute approximate surface area is 196 Å². The van der Waals surface area contributed by atoms with E-state index in [1.54, 1.807) is 18.3 Å². The Morgan fingerprint density at radius 2 is 1.68 bits per heavy atom. The molecule has 3 aromatic carbocycles. The molecule has 1 amide bonds. The summed E-state index contributed by atoms with van der Waals surface area (Å²) in [6.45, 7) is 0.104. The van der Waals surface area contributed by atoms with E-state index in [0.717, 1.165) is 34.0 Å². The number of nitrogens with one attached hydrogen (secondary N) is 1. The van der Waals surface area contributed by atoms with Crippen LogP contribution in [0, 0.1) is 0 Å². The first-order chi connectivity index (χ1) is 16.7. The number of aliphatic hydroxyl groups is 1. The largest absolute Gasteiger partial charge is 0.457 e. The van der Waals surface area contributed by atoms with Gasteiger partial charge in [0.25, 0.3) is 5.91 Å². The maximum absolute atomic E-state index is 12.3. The second-order valence-electron chi connectivity index (χ2n) is 7.64. The monoisotopic (exact) mass is 450 g/mol. The van der Waals surface area contributed by atoms with Gasteiger partial charge in [-0.3, -0.25) is 14.2 Å². The molecule has 0 aliphatic rings. The van der Waals surface area contributed by atoms with E-state index in [2.05, 4.69) is 15.3 Å². The van der Waals surface area contributed by atoms with Gasteiger partial charge in [0.05, 0.1) is 30.4 Å². The lowest BCUT2D eigenvalue weighted by Gasteiger charge is -2.08. The summed E-state index contributed by atoms with van der Waals surface area (Å²) in [5.74, 6) is 1.30. The lowest BCUT2D eigenvalue weighted by Crippen LogP contribution is -2.26. The van der Waals surface area contributed by atoms with Crippen LogP contribution in [-0.4, -0.2) is 38.5 Å². The van der Waals surface area contributed by atoms with Gasteiger partial charge < -0.3 is 15.2 Å².